The van der Waals surface area contributed by atoms with Gasteiger partial charge < -0.3 is 20.1 Å². The van der Waals surface area contributed by atoms with Crippen molar-refractivity contribution in [1.82, 2.24) is 15.5 Å². The van der Waals surface area contributed by atoms with Crippen LogP contribution in [0.1, 0.15) is 25.1 Å². The second kappa shape index (κ2) is 5.20. The number of nitrogens with one attached hydrogen (secondary N) is 1. The van der Waals surface area contributed by atoms with Crippen LogP contribution in [0, 0.1) is 6.92 Å². The third-order valence-electron chi connectivity index (χ3n) is 2.47. The van der Waals surface area contributed by atoms with Crippen LogP contribution in [-0.2, 0) is 6.54 Å². The van der Waals surface area contributed by atoms with Gasteiger partial charge in [0.15, 0.2) is 5.82 Å². The molecule has 0 spiro atoms. The fourth-order valence-corrected chi connectivity index (χ4v) is 1.19. The van der Waals surface area contributed by atoms with E-state index >= 15 is 0 Å². The number of aromatic nitrogens is 2. The molecule has 0 atom stereocenters. The summed E-state index contributed by atoms with van der Waals surface area (Å²) in [6.45, 7) is 3.71. The second-order valence-electron chi connectivity index (χ2n) is 3.53. The molecule has 6 nitrogen and oxygen atoms in total. The van der Waals surface area contributed by atoms with Crippen LogP contribution >= 0.6 is 0 Å². The van der Waals surface area contributed by atoms with Crippen LogP contribution < -0.4 is 5.32 Å². The molecule has 0 aromatic carbocycles. The molecule has 0 unspecified atom stereocenters. The molecule has 1 aromatic heterocycles. The van der Waals surface area contributed by atoms with Crippen LogP contribution in [0.5, 0.6) is 0 Å². The molecule has 0 fully saturated rings. The average molecular weight is 215 g/mol. The maximum Gasteiger partial charge on any atom is 0.223 e. The van der Waals surface area contributed by atoms with Gasteiger partial charge in [-0.1, -0.05) is 12.1 Å². The zero-order valence-corrected chi connectivity index (χ0v) is 9.03. The second-order valence-corrected chi connectivity index (χ2v) is 3.53. The molecule has 0 saturated heterocycles. The third kappa shape index (κ3) is 2.98. The number of nitrogens with zero attached hydrogens (tertiary/aromatic N) is 2. The Morgan fingerprint density at radius 1 is 1.40 bits per heavy atom. The van der Waals surface area contributed by atoms with E-state index in [1.807, 2.05) is 6.92 Å². The molecule has 1 rings (SSSR count). The molecule has 0 amide bonds. The molecule has 0 aliphatic carbocycles. The topological polar surface area (TPSA) is 91.4 Å². The van der Waals surface area contributed by atoms with Crippen molar-refractivity contribution in [2.75, 3.05) is 13.2 Å². The van der Waals surface area contributed by atoms with Gasteiger partial charge in [0.1, 0.15) is 0 Å². The summed E-state index contributed by atoms with van der Waals surface area (Å²) in [6, 6.07) is 0. The summed E-state index contributed by atoms with van der Waals surface area (Å²) in [7, 11) is 0. The van der Waals surface area contributed by atoms with Gasteiger partial charge in [-0.05, 0) is 6.42 Å². The number of rotatable bonds is 6. The molecular formula is C9H17N3O3. The van der Waals surface area contributed by atoms with E-state index in [4.69, 9.17) is 4.52 Å². The minimum atomic E-state index is -0.672. The summed E-state index contributed by atoms with van der Waals surface area (Å²) < 4.78 is 4.80. The van der Waals surface area contributed by atoms with Crippen LogP contribution in [0.4, 0.5) is 0 Å². The number of hydrogen-bond donors (Lipinski definition) is 3. The van der Waals surface area contributed by atoms with Crippen LogP contribution in [0.3, 0.4) is 0 Å². The lowest BCUT2D eigenvalue weighted by Crippen LogP contribution is -2.50. The molecule has 15 heavy (non-hydrogen) atoms. The van der Waals surface area contributed by atoms with E-state index in [2.05, 4.69) is 15.5 Å². The largest absolute Gasteiger partial charge is 0.394 e. The van der Waals surface area contributed by atoms with Crippen molar-refractivity contribution in [3.63, 3.8) is 0 Å². The maximum absolute atomic E-state index is 9.17. The Morgan fingerprint density at radius 2 is 2.07 bits per heavy atom. The molecule has 1 aromatic rings. The third-order valence-corrected chi connectivity index (χ3v) is 2.47. The Morgan fingerprint density at radius 3 is 2.47 bits per heavy atom. The summed E-state index contributed by atoms with van der Waals surface area (Å²) in [6.07, 6.45) is 0.622. The summed E-state index contributed by atoms with van der Waals surface area (Å²) in [5, 5.41) is 25.1. The zero-order chi connectivity index (χ0) is 11.3. The highest BCUT2D eigenvalue weighted by Crippen LogP contribution is 2.09. The molecule has 6 heteroatoms. The van der Waals surface area contributed by atoms with Gasteiger partial charge in [0, 0.05) is 6.92 Å². The summed E-state index contributed by atoms with van der Waals surface area (Å²) in [5.74, 6) is 1.02. The highest BCUT2D eigenvalue weighted by molar-refractivity contribution is 4.90. The Balaban J connectivity index is 2.54. The molecule has 0 aliphatic heterocycles. The van der Waals surface area contributed by atoms with E-state index in [1.165, 1.54) is 0 Å². The Kier molecular flexibility index (Phi) is 4.19. The Hall–Kier alpha value is -0.980. The summed E-state index contributed by atoms with van der Waals surface area (Å²) in [4.78, 5) is 4.01. The van der Waals surface area contributed by atoms with E-state index in [1.54, 1.807) is 6.92 Å². The zero-order valence-electron chi connectivity index (χ0n) is 9.03. The number of aliphatic hydroxyl groups is 2. The smallest absolute Gasteiger partial charge is 0.223 e. The molecule has 0 radical (unpaired) electrons. The van der Waals surface area contributed by atoms with Gasteiger partial charge in [0.2, 0.25) is 5.89 Å². The fourth-order valence-electron chi connectivity index (χ4n) is 1.19. The number of aryl methyl sites for hydroxylation is 1. The van der Waals surface area contributed by atoms with Crippen LogP contribution in [0.25, 0.3) is 0 Å². The Labute approximate surface area is 88.3 Å². The molecule has 1 heterocycles. The average Bonchev–Trinajstić information content (AvgIpc) is 2.67. The van der Waals surface area contributed by atoms with Gasteiger partial charge in [0.05, 0.1) is 25.3 Å². The van der Waals surface area contributed by atoms with Crippen molar-refractivity contribution < 1.29 is 14.7 Å². The van der Waals surface area contributed by atoms with Crippen molar-refractivity contribution in [3.8, 4) is 0 Å². The highest BCUT2D eigenvalue weighted by atomic mass is 16.5. The predicted molar refractivity (Wildman–Crippen MR) is 53.1 cm³/mol. The van der Waals surface area contributed by atoms with Crippen LogP contribution in [-0.4, -0.2) is 39.1 Å². The van der Waals surface area contributed by atoms with Gasteiger partial charge in [0.25, 0.3) is 0 Å². The predicted octanol–water partition coefficient (Wildman–Crippen LogP) is -0.399. The molecule has 86 valence electrons. The lowest BCUT2D eigenvalue weighted by Gasteiger charge is -2.29. The first-order valence-electron chi connectivity index (χ1n) is 4.91. The van der Waals surface area contributed by atoms with Gasteiger partial charge in [-0.2, -0.15) is 4.98 Å². The molecule has 3 N–H and O–H groups in total. The van der Waals surface area contributed by atoms with Crippen molar-refractivity contribution in [3.05, 3.63) is 11.7 Å². The lowest BCUT2D eigenvalue weighted by molar-refractivity contribution is 0.0856. The van der Waals surface area contributed by atoms with Gasteiger partial charge in [-0.25, -0.2) is 0 Å². The first-order chi connectivity index (χ1) is 7.15. The number of aliphatic hydroxyl groups excluding tert-OH is 2. The quantitative estimate of drug-likeness (QED) is 0.598. The van der Waals surface area contributed by atoms with Crippen molar-refractivity contribution in [1.29, 1.82) is 0 Å². The minimum Gasteiger partial charge on any atom is -0.394 e. The summed E-state index contributed by atoms with van der Waals surface area (Å²) in [5.41, 5.74) is -0.672. The summed E-state index contributed by atoms with van der Waals surface area (Å²) >= 11 is 0. The van der Waals surface area contributed by atoms with E-state index < -0.39 is 5.54 Å². The van der Waals surface area contributed by atoms with Crippen LogP contribution in [0.15, 0.2) is 4.52 Å². The van der Waals surface area contributed by atoms with Gasteiger partial charge >= 0.3 is 0 Å². The van der Waals surface area contributed by atoms with Crippen LogP contribution in [0.2, 0.25) is 0 Å². The fraction of sp³-hybridized carbons (Fsp3) is 0.778. The van der Waals surface area contributed by atoms with E-state index in [0.29, 0.717) is 24.7 Å². The van der Waals surface area contributed by atoms with Crippen molar-refractivity contribution in [2.45, 2.75) is 32.4 Å². The first-order valence-corrected chi connectivity index (χ1v) is 4.91. The molecule has 0 aliphatic rings. The van der Waals surface area contributed by atoms with E-state index in [9.17, 15) is 10.2 Å². The normalized spacial score (nSPS) is 12.0. The SMILES string of the molecule is CCC(CO)(CO)NCc1noc(C)n1. The van der Waals surface area contributed by atoms with E-state index in [0.717, 1.165) is 0 Å². The molecule has 0 saturated carbocycles. The highest BCUT2D eigenvalue weighted by Gasteiger charge is 2.26. The van der Waals surface area contributed by atoms with Crippen molar-refractivity contribution >= 4 is 0 Å². The first kappa shape index (κ1) is 12.1. The molecular weight excluding hydrogens is 198 g/mol. The van der Waals surface area contributed by atoms with Gasteiger partial charge in [-0.15, -0.1) is 0 Å². The van der Waals surface area contributed by atoms with Crippen molar-refractivity contribution in [2.24, 2.45) is 0 Å². The maximum atomic E-state index is 9.17. The van der Waals surface area contributed by atoms with Gasteiger partial charge in [-0.3, -0.25) is 0 Å². The monoisotopic (exact) mass is 215 g/mol. The minimum absolute atomic E-state index is 0.128. The van der Waals surface area contributed by atoms with E-state index in [-0.39, 0.29) is 13.2 Å². The lowest BCUT2D eigenvalue weighted by atomic mass is 9.98. The Bertz CT molecular complexity index is 288. The molecule has 0 bridgehead atoms. The number of hydrogen-bond acceptors (Lipinski definition) is 6. The standard InChI is InChI=1S/C9H17N3O3/c1-3-9(5-13,6-14)10-4-8-11-7(2)15-12-8/h10,13-14H,3-6H2,1-2H3.